The maximum atomic E-state index is 12.9. The molecule has 0 saturated heterocycles. The van der Waals surface area contributed by atoms with Crippen molar-refractivity contribution in [2.75, 3.05) is 6.54 Å². The van der Waals surface area contributed by atoms with Crippen LogP contribution in [-0.2, 0) is 11.3 Å². The number of aldehydes is 1. The van der Waals surface area contributed by atoms with Gasteiger partial charge in [0.15, 0.2) is 0 Å². The molecular weight excluding hydrogens is 327 g/mol. The Labute approximate surface area is 144 Å². The fourth-order valence-electron chi connectivity index (χ4n) is 1.97. The summed E-state index contributed by atoms with van der Waals surface area (Å²) in [5.41, 5.74) is 8.30. The first-order valence-electron chi connectivity index (χ1n) is 7.25. The second-order valence-electron chi connectivity index (χ2n) is 5.02. The summed E-state index contributed by atoms with van der Waals surface area (Å²) in [6.45, 7) is 0.713. The molecular formula is C17H19FN4OS. The van der Waals surface area contributed by atoms with Crippen molar-refractivity contribution in [1.82, 2.24) is 9.73 Å². The van der Waals surface area contributed by atoms with E-state index in [0.717, 1.165) is 22.3 Å². The van der Waals surface area contributed by atoms with Gasteiger partial charge in [-0.3, -0.25) is 4.72 Å². The Morgan fingerprint density at radius 2 is 1.83 bits per heavy atom. The van der Waals surface area contributed by atoms with Crippen LogP contribution in [0.4, 0.5) is 4.39 Å². The van der Waals surface area contributed by atoms with Crippen LogP contribution in [0.5, 0.6) is 0 Å². The molecule has 0 atom stereocenters. The van der Waals surface area contributed by atoms with Crippen molar-refractivity contribution in [2.45, 2.75) is 11.4 Å². The summed E-state index contributed by atoms with van der Waals surface area (Å²) >= 11 is 1.37. The molecule has 0 fully saturated rings. The second-order valence-corrected chi connectivity index (χ2v) is 5.99. The number of carbonyl (C=O) groups is 1. The normalized spacial score (nSPS) is 11.3. The molecule has 0 aliphatic rings. The fourth-order valence-corrected chi connectivity index (χ4v) is 2.56. The van der Waals surface area contributed by atoms with Crippen LogP contribution in [-0.4, -0.2) is 17.8 Å². The fraction of sp³-hybridized carbons (Fsp3) is 0.118. The first kappa shape index (κ1) is 18.0. The van der Waals surface area contributed by atoms with Crippen LogP contribution in [0.1, 0.15) is 11.1 Å². The lowest BCUT2D eigenvalue weighted by Crippen LogP contribution is -2.25. The van der Waals surface area contributed by atoms with Crippen LogP contribution >= 0.6 is 11.9 Å². The maximum Gasteiger partial charge on any atom is 0.134 e. The molecule has 0 heterocycles. The van der Waals surface area contributed by atoms with Crippen LogP contribution in [0.25, 0.3) is 5.70 Å². The highest BCUT2D eigenvalue weighted by molar-refractivity contribution is 7.97. The van der Waals surface area contributed by atoms with Gasteiger partial charge in [-0.1, -0.05) is 24.3 Å². The van der Waals surface area contributed by atoms with E-state index >= 15 is 0 Å². The summed E-state index contributed by atoms with van der Waals surface area (Å²) in [5, 5.41) is 1.46. The highest BCUT2D eigenvalue weighted by Crippen LogP contribution is 2.18. The molecule has 2 aromatic rings. The number of carbonyl (C=O) groups excluding carboxylic acids is 1. The number of nitrogens with two attached hydrogens (primary N) is 2. The highest BCUT2D eigenvalue weighted by Gasteiger charge is 2.02. The molecule has 5 nitrogen and oxygen atoms in total. The summed E-state index contributed by atoms with van der Waals surface area (Å²) in [6, 6.07) is 13.7. The van der Waals surface area contributed by atoms with Gasteiger partial charge in [-0.15, -0.1) is 0 Å². The zero-order valence-electron chi connectivity index (χ0n) is 13.0. The van der Waals surface area contributed by atoms with Crippen molar-refractivity contribution in [1.29, 1.82) is 0 Å². The Morgan fingerprint density at radius 1 is 1.17 bits per heavy atom. The van der Waals surface area contributed by atoms with Crippen LogP contribution in [0.3, 0.4) is 0 Å². The van der Waals surface area contributed by atoms with Crippen LogP contribution in [0.15, 0.2) is 59.6 Å². The van der Waals surface area contributed by atoms with Crippen molar-refractivity contribution < 1.29 is 9.18 Å². The summed E-state index contributed by atoms with van der Waals surface area (Å²) in [7, 11) is 0. The van der Waals surface area contributed by atoms with Crippen LogP contribution in [0.2, 0.25) is 0 Å². The largest absolute Gasteiger partial charge is 0.397 e. The van der Waals surface area contributed by atoms with E-state index in [9.17, 15) is 9.18 Å². The van der Waals surface area contributed by atoms with E-state index in [1.165, 1.54) is 29.1 Å². The number of hydrogen-bond acceptors (Lipinski definition) is 6. The maximum absolute atomic E-state index is 12.9. The molecule has 2 aromatic carbocycles. The molecule has 0 aliphatic carbocycles. The quantitative estimate of drug-likeness (QED) is 0.224. The first-order chi connectivity index (χ1) is 11.6. The van der Waals surface area contributed by atoms with Crippen molar-refractivity contribution in [3.8, 4) is 0 Å². The number of benzene rings is 2. The summed E-state index contributed by atoms with van der Waals surface area (Å²) in [5.74, 6) is 5.65. The average Bonchev–Trinajstić information content (AvgIpc) is 2.58. The van der Waals surface area contributed by atoms with Crippen molar-refractivity contribution in [2.24, 2.45) is 11.6 Å². The van der Waals surface area contributed by atoms with Gasteiger partial charge in [0, 0.05) is 11.1 Å². The minimum Gasteiger partial charge on any atom is -0.397 e. The Kier molecular flexibility index (Phi) is 6.80. The van der Waals surface area contributed by atoms with Crippen molar-refractivity contribution in [3.63, 3.8) is 0 Å². The Balaban J connectivity index is 1.96. The summed E-state index contributed by atoms with van der Waals surface area (Å²) in [4.78, 5) is 11.2. The molecule has 0 aromatic heterocycles. The minimum atomic E-state index is -0.280. The monoisotopic (exact) mass is 346 g/mol. The van der Waals surface area contributed by atoms with E-state index in [2.05, 4.69) is 4.72 Å². The number of hydrazine groups is 1. The predicted octanol–water partition coefficient (Wildman–Crippen LogP) is 2.25. The van der Waals surface area contributed by atoms with Gasteiger partial charge >= 0.3 is 0 Å². The second kappa shape index (κ2) is 9.07. The van der Waals surface area contributed by atoms with Gasteiger partial charge < -0.3 is 15.5 Å². The molecule has 24 heavy (non-hydrogen) atoms. The molecule has 5 N–H and O–H groups in total. The van der Waals surface area contributed by atoms with E-state index in [1.807, 2.05) is 24.3 Å². The number of nitrogens with one attached hydrogen (secondary N) is 1. The molecule has 0 saturated carbocycles. The first-order valence-corrected chi connectivity index (χ1v) is 8.07. The molecule has 0 amide bonds. The lowest BCUT2D eigenvalue weighted by Gasteiger charge is -2.15. The highest BCUT2D eigenvalue weighted by atomic mass is 32.2. The van der Waals surface area contributed by atoms with E-state index < -0.39 is 0 Å². The van der Waals surface area contributed by atoms with Crippen molar-refractivity contribution in [3.05, 3.63) is 71.7 Å². The molecule has 0 aliphatic heterocycles. The Hall–Kier alpha value is -2.35. The number of hydrogen-bond donors (Lipinski definition) is 3. The zero-order valence-corrected chi connectivity index (χ0v) is 13.8. The van der Waals surface area contributed by atoms with E-state index in [-0.39, 0.29) is 5.82 Å². The zero-order chi connectivity index (χ0) is 17.4. The van der Waals surface area contributed by atoms with Crippen LogP contribution < -0.4 is 16.3 Å². The Bertz CT molecular complexity index is 689. The average molecular weight is 346 g/mol. The SMILES string of the molecule is N/C(=C\N(N)Cc1ccc(F)cc1)c1ccc(SNCC=O)cc1. The number of nitrogens with zero attached hydrogens (tertiary/aromatic N) is 1. The lowest BCUT2D eigenvalue weighted by atomic mass is 10.2. The van der Waals surface area contributed by atoms with Gasteiger partial charge in [-0.25, -0.2) is 10.2 Å². The smallest absolute Gasteiger partial charge is 0.134 e. The summed E-state index contributed by atoms with van der Waals surface area (Å²) in [6.07, 6.45) is 2.44. The van der Waals surface area contributed by atoms with E-state index in [1.54, 1.807) is 18.3 Å². The minimum absolute atomic E-state index is 0.280. The molecule has 0 radical (unpaired) electrons. The number of rotatable bonds is 8. The van der Waals surface area contributed by atoms with Gasteiger partial charge in [0.1, 0.15) is 12.1 Å². The van der Waals surface area contributed by atoms with Gasteiger partial charge in [-0.05, 0) is 47.3 Å². The van der Waals surface area contributed by atoms with Gasteiger partial charge in [0.2, 0.25) is 0 Å². The number of halogens is 1. The Morgan fingerprint density at radius 3 is 2.46 bits per heavy atom. The molecule has 0 bridgehead atoms. The third kappa shape index (κ3) is 5.69. The van der Waals surface area contributed by atoms with E-state index in [0.29, 0.717) is 18.8 Å². The molecule has 126 valence electrons. The van der Waals surface area contributed by atoms with Crippen molar-refractivity contribution >= 4 is 23.9 Å². The molecule has 0 spiro atoms. The van der Waals surface area contributed by atoms with Gasteiger partial charge in [-0.2, -0.15) is 0 Å². The third-order valence-corrected chi connectivity index (χ3v) is 3.95. The predicted molar refractivity (Wildman–Crippen MR) is 94.7 cm³/mol. The molecule has 0 unspecified atom stereocenters. The topological polar surface area (TPSA) is 84.4 Å². The van der Waals surface area contributed by atoms with Gasteiger partial charge in [0.05, 0.1) is 18.8 Å². The summed E-state index contributed by atoms with van der Waals surface area (Å²) < 4.78 is 15.8. The van der Waals surface area contributed by atoms with Crippen LogP contribution in [0, 0.1) is 5.82 Å². The third-order valence-electron chi connectivity index (χ3n) is 3.13. The van der Waals surface area contributed by atoms with Gasteiger partial charge in [0.25, 0.3) is 0 Å². The molecule has 2 rings (SSSR count). The van der Waals surface area contributed by atoms with E-state index in [4.69, 9.17) is 11.6 Å². The molecule has 7 heteroatoms. The lowest BCUT2D eigenvalue weighted by molar-refractivity contribution is -0.106. The standard InChI is InChI=1S/C17H19FN4OS/c18-15-5-1-13(2-6-15)11-22(20)12-17(19)14-3-7-16(8-4-14)24-21-9-10-23/h1-8,10,12,21H,9,11,19-20H2/b17-12-.